The zero-order valence-electron chi connectivity index (χ0n) is 8.90. The molecular formula is C10H19N3O. The monoisotopic (exact) mass is 197 g/mol. The van der Waals surface area contributed by atoms with Gasteiger partial charge in [0.1, 0.15) is 0 Å². The Kier molecular flexibility index (Phi) is 4.62. The Bertz CT molecular complexity index is 260. The lowest BCUT2D eigenvalue weighted by atomic mass is 10.1. The molecule has 0 aliphatic heterocycles. The van der Waals surface area contributed by atoms with Gasteiger partial charge in [-0.15, -0.1) is 0 Å². The fourth-order valence-electron chi connectivity index (χ4n) is 1.35. The fourth-order valence-corrected chi connectivity index (χ4v) is 1.35. The van der Waals surface area contributed by atoms with Crippen LogP contribution in [0.3, 0.4) is 0 Å². The van der Waals surface area contributed by atoms with Crippen molar-refractivity contribution in [3.05, 3.63) is 18.0 Å². The van der Waals surface area contributed by atoms with Crippen molar-refractivity contribution in [1.29, 1.82) is 0 Å². The van der Waals surface area contributed by atoms with Gasteiger partial charge in [0.15, 0.2) is 0 Å². The Hall–Kier alpha value is -0.870. The van der Waals surface area contributed by atoms with Crippen LogP contribution in [-0.4, -0.2) is 34.1 Å². The zero-order chi connectivity index (χ0) is 10.4. The molecule has 0 aromatic carbocycles. The maximum Gasteiger partial charge on any atom is 0.0667 e. The van der Waals surface area contributed by atoms with Gasteiger partial charge in [0, 0.05) is 19.8 Å². The van der Waals surface area contributed by atoms with Gasteiger partial charge in [-0.25, -0.2) is 0 Å². The van der Waals surface area contributed by atoms with Crippen LogP contribution in [-0.2, 0) is 13.5 Å². The van der Waals surface area contributed by atoms with Gasteiger partial charge in [0.05, 0.1) is 12.3 Å². The van der Waals surface area contributed by atoms with Crippen molar-refractivity contribution in [3.63, 3.8) is 0 Å². The van der Waals surface area contributed by atoms with Crippen molar-refractivity contribution in [2.45, 2.75) is 25.9 Å². The van der Waals surface area contributed by atoms with Crippen LogP contribution < -0.4 is 5.32 Å². The lowest BCUT2D eigenvalue weighted by Crippen LogP contribution is -2.26. The quantitative estimate of drug-likeness (QED) is 0.690. The first kappa shape index (κ1) is 11.2. The number of hydrogen-bond donors (Lipinski definition) is 2. The van der Waals surface area contributed by atoms with Crippen molar-refractivity contribution >= 4 is 0 Å². The minimum Gasteiger partial charge on any atom is -0.392 e. The van der Waals surface area contributed by atoms with E-state index in [1.807, 2.05) is 26.4 Å². The number of rotatable bonds is 6. The van der Waals surface area contributed by atoms with Crippen molar-refractivity contribution in [2.75, 3.05) is 13.1 Å². The van der Waals surface area contributed by atoms with Crippen LogP contribution in [0.15, 0.2) is 12.4 Å². The Morgan fingerprint density at radius 2 is 2.43 bits per heavy atom. The van der Waals surface area contributed by atoms with E-state index >= 15 is 0 Å². The Morgan fingerprint density at radius 1 is 1.64 bits per heavy atom. The molecule has 1 aromatic heterocycles. The van der Waals surface area contributed by atoms with Crippen LogP contribution in [0.4, 0.5) is 0 Å². The predicted octanol–water partition coefficient (Wildman–Crippen LogP) is 0.323. The van der Waals surface area contributed by atoms with E-state index < -0.39 is 0 Å². The molecule has 0 radical (unpaired) electrons. The summed E-state index contributed by atoms with van der Waals surface area (Å²) >= 11 is 0. The minimum absolute atomic E-state index is 0.254. The Labute approximate surface area is 84.9 Å². The molecule has 4 nitrogen and oxygen atoms in total. The number of nitrogens with one attached hydrogen (secondary N) is 1. The zero-order valence-corrected chi connectivity index (χ0v) is 8.90. The van der Waals surface area contributed by atoms with Crippen LogP contribution in [0, 0.1) is 0 Å². The molecule has 0 spiro atoms. The summed E-state index contributed by atoms with van der Waals surface area (Å²) < 4.78 is 1.78. The first-order valence-corrected chi connectivity index (χ1v) is 5.08. The van der Waals surface area contributed by atoms with Crippen LogP contribution in [0.25, 0.3) is 0 Å². The van der Waals surface area contributed by atoms with E-state index in [1.165, 1.54) is 5.56 Å². The van der Waals surface area contributed by atoms with E-state index in [0.717, 1.165) is 19.4 Å². The van der Waals surface area contributed by atoms with E-state index in [0.29, 0.717) is 6.54 Å². The second kappa shape index (κ2) is 5.78. The molecule has 0 saturated carbocycles. The van der Waals surface area contributed by atoms with Crippen molar-refractivity contribution in [1.82, 2.24) is 15.1 Å². The van der Waals surface area contributed by atoms with E-state index in [1.54, 1.807) is 4.68 Å². The second-order valence-corrected chi connectivity index (χ2v) is 3.52. The smallest absolute Gasteiger partial charge is 0.0667 e. The standard InChI is InChI=1S/C10H19N3O/c1-3-11-7-10(14)5-4-9-6-12-13(2)8-9/h6,8,10-11,14H,3-5,7H2,1-2H3. The number of aliphatic hydroxyl groups excluding tert-OH is 1. The number of aliphatic hydroxyl groups is 1. The first-order valence-electron chi connectivity index (χ1n) is 5.08. The van der Waals surface area contributed by atoms with Gasteiger partial charge in [0.2, 0.25) is 0 Å². The first-order chi connectivity index (χ1) is 6.72. The van der Waals surface area contributed by atoms with Gasteiger partial charge >= 0.3 is 0 Å². The fraction of sp³-hybridized carbons (Fsp3) is 0.700. The third kappa shape index (κ3) is 3.89. The molecule has 0 amide bonds. The SMILES string of the molecule is CCNCC(O)CCc1cnn(C)c1. The van der Waals surface area contributed by atoms with Crippen LogP contribution in [0.5, 0.6) is 0 Å². The molecule has 1 atom stereocenters. The van der Waals surface area contributed by atoms with Crippen LogP contribution in [0.2, 0.25) is 0 Å². The average Bonchev–Trinajstić information content (AvgIpc) is 2.58. The summed E-state index contributed by atoms with van der Waals surface area (Å²) in [5.41, 5.74) is 1.18. The van der Waals surface area contributed by atoms with Gasteiger partial charge < -0.3 is 10.4 Å². The number of nitrogens with zero attached hydrogens (tertiary/aromatic N) is 2. The second-order valence-electron chi connectivity index (χ2n) is 3.52. The molecule has 0 bridgehead atoms. The molecule has 1 heterocycles. The third-order valence-electron chi connectivity index (χ3n) is 2.15. The molecule has 1 rings (SSSR count). The summed E-state index contributed by atoms with van der Waals surface area (Å²) in [7, 11) is 1.90. The predicted molar refractivity (Wildman–Crippen MR) is 56.1 cm³/mol. The number of hydrogen-bond acceptors (Lipinski definition) is 3. The highest BCUT2D eigenvalue weighted by atomic mass is 16.3. The van der Waals surface area contributed by atoms with Crippen LogP contribution >= 0.6 is 0 Å². The Morgan fingerprint density at radius 3 is 3.00 bits per heavy atom. The maximum atomic E-state index is 9.56. The molecule has 4 heteroatoms. The molecule has 14 heavy (non-hydrogen) atoms. The van der Waals surface area contributed by atoms with Gasteiger partial charge in [-0.1, -0.05) is 6.92 Å². The highest BCUT2D eigenvalue weighted by Crippen LogP contribution is 2.03. The highest BCUT2D eigenvalue weighted by molar-refractivity contribution is 5.03. The highest BCUT2D eigenvalue weighted by Gasteiger charge is 2.04. The summed E-state index contributed by atoms with van der Waals surface area (Å²) in [6.45, 7) is 3.62. The molecule has 1 unspecified atom stereocenters. The topological polar surface area (TPSA) is 50.1 Å². The Balaban J connectivity index is 2.20. The summed E-state index contributed by atoms with van der Waals surface area (Å²) in [6.07, 6.45) is 5.26. The van der Waals surface area contributed by atoms with E-state index in [-0.39, 0.29) is 6.10 Å². The van der Waals surface area contributed by atoms with E-state index in [2.05, 4.69) is 10.4 Å². The molecule has 0 aliphatic rings. The van der Waals surface area contributed by atoms with E-state index in [4.69, 9.17) is 0 Å². The van der Waals surface area contributed by atoms with Crippen LogP contribution in [0.1, 0.15) is 18.9 Å². The molecule has 0 fully saturated rings. The van der Waals surface area contributed by atoms with Crippen molar-refractivity contribution in [3.8, 4) is 0 Å². The summed E-state index contributed by atoms with van der Waals surface area (Å²) in [5, 5.41) is 16.8. The van der Waals surface area contributed by atoms with Gasteiger partial charge in [-0.2, -0.15) is 5.10 Å². The van der Waals surface area contributed by atoms with Crippen molar-refractivity contribution < 1.29 is 5.11 Å². The van der Waals surface area contributed by atoms with Gasteiger partial charge in [-0.3, -0.25) is 4.68 Å². The largest absolute Gasteiger partial charge is 0.392 e. The number of aryl methyl sites for hydroxylation is 2. The maximum absolute atomic E-state index is 9.56. The lowest BCUT2D eigenvalue weighted by molar-refractivity contribution is 0.163. The normalized spacial score (nSPS) is 13.1. The third-order valence-corrected chi connectivity index (χ3v) is 2.15. The number of likely N-dealkylation sites (N-methyl/N-ethyl adjacent to an activating group) is 1. The molecule has 0 aliphatic carbocycles. The number of aromatic nitrogens is 2. The molecule has 1 aromatic rings. The summed E-state index contributed by atoms with van der Waals surface area (Å²) in [5.74, 6) is 0. The van der Waals surface area contributed by atoms with E-state index in [9.17, 15) is 5.11 Å². The molecule has 80 valence electrons. The average molecular weight is 197 g/mol. The summed E-state index contributed by atoms with van der Waals surface area (Å²) in [6, 6.07) is 0. The minimum atomic E-state index is -0.254. The van der Waals surface area contributed by atoms with Crippen molar-refractivity contribution in [2.24, 2.45) is 7.05 Å². The lowest BCUT2D eigenvalue weighted by Gasteiger charge is -2.09. The van der Waals surface area contributed by atoms with Gasteiger partial charge in [-0.05, 0) is 24.9 Å². The molecular weight excluding hydrogens is 178 g/mol. The van der Waals surface area contributed by atoms with Gasteiger partial charge in [0.25, 0.3) is 0 Å². The molecule has 0 saturated heterocycles. The summed E-state index contributed by atoms with van der Waals surface area (Å²) in [4.78, 5) is 0. The molecule has 2 N–H and O–H groups in total.